The number of halogens is 2. The first kappa shape index (κ1) is 19.6. The molecule has 0 radical (unpaired) electrons. The molecule has 3 rings (SSSR count). The summed E-state index contributed by atoms with van der Waals surface area (Å²) in [5.74, 6) is 0.241. The number of likely N-dealkylation sites (tertiary alicyclic amines) is 1. The van der Waals surface area contributed by atoms with E-state index in [9.17, 15) is 4.79 Å². The maximum absolute atomic E-state index is 12.4. The summed E-state index contributed by atoms with van der Waals surface area (Å²) in [6.07, 6.45) is 2.48. The third kappa shape index (κ3) is 5.19. The minimum absolute atomic E-state index is 0.0956. The number of aromatic nitrogens is 1. The number of carbonyl (C=O) groups excluding carboxylic acids is 1. The van der Waals surface area contributed by atoms with Gasteiger partial charge in [0.1, 0.15) is 0 Å². The van der Waals surface area contributed by atoms with Crippen LogP contribution >= 0.6 is 34.5 Å². The van der Waals surface area contributed by atoms with Gasteiger partial charge in [-0.05, 0) is 50.9 Å². The second-order valence-electron chi connectivity index (χ2n) is 6.66. The van der Waals surface area contributed by atoms with Gasteiger partial charge in [-0.25, -0.2) is 4.98 Å². The molecule has 1 N–H and O–H groups in total. The number of thiazole rings is 1. The molecule has 1 aliphatic rings. The molecule has 1 fully saturated rings. The van der Waals surface area contributed by atoms with E-state index in [2.05, 4.69) is 20.6 Å². The Morgan fingerprint density at radius 3 is 2.81 bits per heavy atom. The number of piperidine rings is 1. The second-order valence-corrected chi connectivity index (χ2v) is 8.51. The van der Waals surface area contributed by atoms with E-state index in [4.69, 9.17) is 23.2 Å². The Labute approximate surface area is 168 Å². The predicted molar refractivity (Wildman–Crippen MR) is 108 cm³/mol. The van der Waals surface area contributed by atoms with Crippen molar-refractivity contribution >= 4 is 40.4 Å². The van der Waals surface area contributed by atoms with Crippen LogP contribution in [0.25, 0.3) is 0 Å². The maximum atomic E-state index is 12.4. The fourth-order valence-corrected chi connectivity index (χ4v) is 4.29. The average Bonchev–Trinajstić information content (AvgIpc) is 3.04. The van der Waals surface area contributed by atoms with Crippen LogP contribution in [0.5, 0.6) is 0 Å². The number of aryl methyl sites for hydroxylation is 1. The Morgan fingerprint density at radius 2 is 2.12 bits per heavy atom. The fourth-order valence-electron chi connectivity index (χ4n) is 3.27. The minimum Gasteiger partial charge on any atom is -0.356 e. The van der Waals surface area contributed by atoms with Crippen molar-refractivity contribution in [3.63, 3.8) is 0 Å². The van der Waals surface area contributed by atoms with Gasteiger partial charge in [-0.3, -0.25) is 9.69 Å². The molecular formula is C19H23Cl2N3OS. The van der Waals surface area contributed by atoms with Gasteiger partial charge in [0.15, 0.2) is 0 Å². The Kier molecular flexibility index (Phi) is 6.92. The SMILES string of the molecule is Cc1nc(CN2CCC(C(=O)NCCc3cccc(Cl)c3Cl)CC2)cs1. The first-order chi connectivity index (χ1) is 12.5. The smallest absolute Gasteiger partial charge is 0.223 e. The van der Waals surface area contributed by atoms with Crippen LogP contribution in [0.15, 0.2) is 23.6 Å². The first-order valence-corrected chi connectivity index (χ1v) is 10.5. The Balaban J connectivity index is 1.40. The largest absolute Gasteiger partial charge is 0.356 e. The van der Waals surface area contributed by atoms with Crippen LogP contribution in [0.3, 0.4) is 0 Å². The van der Waals surface area contributed by atoms with Crippen molar-refractivity contribution in [2.75, 3.05) is 19.6 Å². The van der Waals surface area contributed by atoms with E-state index in [1.54, 1.807) is 17.4 Å². The highest BCUT2D eigenvalue weighted by atomic mass is 35.5. The number of nitrogens with zero attached hydrogens (tertiary/aromatic N) is 2. The zero-order chi connectivity index (χ0) is 18.5. The van der Waals surface area contributed by atoms with E-state index in [0.29, 0.717) is 23.0 Å². The number of hydrogen-bond donors (Lipinski definition) is 1. The molecule has 1 aliphatic heterocycles. The number of amides is 1. The van der Waals surface area contributed by atoms with Crippen LogP contribution in [-0.2, 0) is 17.8 Å². The van der Waals surface area contributed by atoms with Crippen LogP contribution in [0.2, 0.25) is 10.0 Å². The predicted octanol–water partition coefficient (Wildman–Crippen LogP) is 4.33. The van der Waals surface area contributed by atoms with Gasteiger partial charge in [-0.2, -0.15) is 0 Å². The van der Waals surface area contributed by atoms with Crippen LogP contribution in [-0.4, -0.2) is 35.4 Å². The molecule has 0 unspecified atom stereocenters. The second kappa shape index (κ2) is 9.18. The highest BCUT2D eigenvalue weighted by Gasteiger charge is 2.25. The van der Waals surface area contributed by atoms with Crippen molar-refractivity contribution in [2.24, 2.45) is 5.92 Å². The van der Waals surface area contributed by atoms with Gasteiger partial charge in [0.2, 0.25) is 5.91 Å². The summed E-state index contributed by atoms with van der Waals surface area (Å²) in [5.41, 5.74) is 2.10. The summed E-state index contributed by atoms with van der Waals surface area (Å²) in [4.78, 5) is 19.3. The van der Waals surface area contributed by atoms with Crippen molar-refractivity contribution in [3.05, 3.63) is 49.9 Å². The Hall–Kier alpha value is -1.14. The third-order valence-corrected chi connectivity index (χ3v) is 6.42. The quantitative estimate of drug-likeness (QED) is 0.768. The molecule has 7 heteroatoms. The molecule has 0 atom stereocenters. The molecule has 2 aromatic rings. The third-order valence-electron chi connectivity index (χ3n) is 4.74. The minimum atomic E-state index is 0.0956. The van der Waals surface area contributed by atoms with Gasteiger partial charge in [-0.15, -0.1) is 11.3 Å². The molecule has 1 amide bonds. The van der Waals surface area contributed by atoms with Gasteiger partial charge < -0.3 is 5.32 Å². The zero-order valence-electron chi connectivity index (χ0n) is 14.8. The van der Waals surface area contributed by atoms with E-state index in [1.165, 1.54) is 0 Å². The molecule has 2 heterocycles. The number of benzene rings is 1. The number of nitrogens with one attached hydrogen (secondary N) is 1. The summed E-state index contributed by atoms with van der Waals surface area (Å²) in [6, 6.07) is 5.59. The monoisotopic (exact) mass is 411 g/mol. The molecule has 0 bridgehead atoms. The molecule has 0 aliphatic carbocycles. The van der Waals surface area contributed by atoms with E-state index in [0.717, 1.165) is 48.7 Å². The summed E-state index contributed by atoms with van der Waals surface area (Å²) in [6.45, 7) is 5.37. The van der Waals surface area contributed by atoms with Gasteiger partial charge in [0.25, 0.3) is 0 Å². The molecular weight excluding hydrogens is 389 g/mol. The molecule has 1 saturated heterocycles. The standard InChI is InChI=1S/C19H23Cl2N3OS/c1-13-23-16(12-26-13)11-24-9-6-15(7-10-24)19(25)22-8-5-14-3-2-4-17(20)18(14)21/h2-4,12,15H,5-11H2,1H3,(H,22,25). The van der Waals surface area contributed by atoms with Gasteiger partial charge in [0.05, 0.1) is 20.7 Å². The normalized spacial score (nSPS) is 16.0. The molecule has 1 aromatic carbocycles. The number of rotatable bonds is 6. The molecule has 0 saturated carbocycles. The van der Waals surface area contributed by atoms with Crippen LogP contribution in [0.1, 0.15) is 29.1 Å². The van der Waals surface area contributed by atoms with Crippen molar-refractivity contribution in [1.29, 1.82) is 0 Å². The summed E-state index contributed by atoms with van der Waals surface area (Å²) in [5, 5.41) is 7.40. The summed E-state index contributed by atoms with van der Waals surface area (Å²) < 4.78 is 0. The zero-order valence-corrected chi connectivity index (χ0v) is 17.1. The van der Waals surface area contributed by atoms with Gasteiger partial charge >= 0.3 is 0 Å². The van der Waals surface area contributed by atoms with E-state index in [1.807, 2.05) is 19.1 Å². The lowest BCUT2D eigenvalue weighted by molar-refractivity contribution is -0.126. The van der Waals surface area contributed by atoms with Crippen LogP contribution in [0.4, 0.5) is 0 Å². The fraction of sp³-hybridized carbons (Fsp3) is 0.474. The lowest BCUT2D eigenvalue weighted by atomic mass is 9.95. The Bertz CT molecular complexity index is 757. The lowest BCUT2D eigenvalue weighted by Crippen LogP contribution is -2.40. The topological polar surface area (TPSA) is 45.2 Å². The van der Waals surface area contributed by atoms with Crippen LogP contribution in [0, 0.1) is 12.8 Å². The first-order valence-electron chi connectivity index (χ1n) is 8.87. The molecule has 0 spiro atoms. The average molecular weight is 412 g/mol. The summed E-state index contributed by atoms with van der Waals surface area (Å²) >= 11 is 13.9. The summed E-state index contributed by atoms with van der Waals surface area (Å²) in [7, 11) is 0. The highest BCUT2D eigenvalue weighted by Crippen LogP contribution is 2.25. The van der Waals surface area contributed by atoms with Crippen molar-refractivity contribution in [1.82, 2.24) is 15.2 Å². The van der Waals surface area contributed by atoms with Gasteiger partial charge in [0, 0.05) is 24.4 Å². The van der Waals surface area contributed by atoms with E-state index in [-0.39, 0.29) is 11.8 Å². The molecule has 26 heavy (non-hydrogen) atoms. The van der Waals surface area contributed by atoms with E-state index >= 15 is 0 Å². The van der Waals surface area contributed by atoms with E-state index < -0.39 is 0 Å². The molecule has 4 nitrogen and oxygen atoms in total. The Morgan fingerprint density at radius 1 is 1.35 bits per heavy atom. The number of hydrogen-bond acceptors (Lipinski definition) is 4. The van der Waals surface area contributed by atoms with Crippen LogP contribution < -0.4 is 5.32 Å². The maximum Gasteiger partial charge on any atom is 0.223 e. The lowest BCUT2D eigenvalue weighted by Gasteiger charge is -2.30. The molecule has 140 valence electrons. The van der Waals surface area contributed by atoms with Crippen molar-refractivity contribution < 1.29 is 4.79 Å². The van der Waals surface area contributed by atoms with Gasteiger partial charge in [-0.1, -0.05) is 35.3 Å². The van der Waals surface area contributed by atoms with Crippen molar-refractivity contribution in [2.45, 2.75) is 32.7 Å². The molecule has 1 aromatic heterocycles. The van der Waals surface area contributed by atoms with Crippen molar-refractivity contribution in [3.8, 4) is 0 Å². The highest BCUT2D eigenvalue weighted by molar-refractivity contribution is 7.09. The number of carbonyl (C=O) groups is 1.